The number of β-amino-alcohol motifs (C(OH)–C–C–N with tert-alkyl or cyclic N) is 1. The van der Waals surface area contributed by atoms with Gasteiger partial charge in [0.05, 0.1) is 12.2 Å². The van der Waals surface area contributed by atoms with Gasteiger partial charge in [0.2, 0.25) is 0 Å². The summed E-state index contributed by atoms with van der Waals surface area (Å²) in [6, 6.07) is 0. The van der Waals surface area contributed by atoms with Gasteiger partial charge in [0.1, 0.15) is 0 Å². The zero-order valence-electron chi connectivity index (χ0n) is 5.26. The zero-order valence-corrected chi connectivity index (χ0v) is 5.26. The Labute approximate surface area is 53.9 Å². The van der Waals surface area contributed by atoms with E-state index in [0.717, 1.165) is 0 Å². The van der Waals surface area contributed by atoms with E-state index in [9.17, 15) is 5.11 Å². The van der Waals surface area contributed by atoms with Crippen LogP contribution in [0.2, 0.25) is 0 Å². The Kier molecular flexibility index (Phi) is 2.02. The fourth-order valence-electron chi connectivity index (χ4n) is 0.839. The van der Waals surface area contributed by atoms with E-state index in [-0.39, 0.29) is 0 Å². The number of rotatable bonds is 3. The molecule has 0 aromatic carbocycles. The second-order valence-corrected chi connectivity index (χ2v) is 2.45. The maximum Gasteiger partial charge on any atom is 0.0917 e. The van der Waals surface area contributed by atoms with Crippen molar-refractivity contribution in [2.75, 3.05) is 19.7 Å². The van der Waals surface area contributed by atoms with Crippen molar-refractivity contribution in [3.8, 4) is 0 Å². The molecule has 1 rings (SSSR count). The van der Waals surface area contributed by atoms with Gasteiger partial charge in [0.25, 0.3) is 0 Å². The summed E-state index contributed by atoms with van der Waals surface area (Å²) in [5.74, 6) is 4.78. The molecule has 54 valence electrons. The van der Waals surface area contributed by atoms with Crippen LogP contribution in [0.25, 0.3) is 0 Å². The van der Waals surface area contributed by atoms with Crippen LogP contribution in [-0.4, -0.2) is 30.4 Å². The average molecular weight is 132 g/mol. The molecule has 0 saturated carbocycles. The summed E-state index contributed by atoms with van der Waals surface area (Å²) in [7, 11) is 0. The van der Waals surface area contributed by atoms with Gasteiger partial charge in [-0.15, -0.1) is 0 Å². The summed E-state index contributed by atoms with van der Waals surface area (Å²) in [6.45, 7) is 1.75. The van der Waals surface area contributed by atoms with Crippen LogP contribution in [0, 0.1) is 0 Å². The minimum absolute atomic E-state index is 0.429. The molecule has 1 aliphatic rings. The lowest BCUT2D eigenvalue weighted by Gasteiger charge is -2.37. The molecule has 1 heterocycles. The predicted molar refractivity (Wildman–Crippen MR) is 32.6 cm³/mol. The molecule has 4 N–H and O–H groups in total. The van der Waals surface area contributed by atoms with Crippen LogP contribution >= 0.6 is 0 Å². The summed E-state index contributed by atoms with van der Waals surface area (Å²) in [4.78, 5) is 4.33. The van der Waals surface area contributed by atoms with Gasteiger partial charge in [-0.1, -0.05) is 0 Å². The molecule has 0 unspecified atom stereocenters. The van der Waals surface area contributed by atoms with Crippen molar-refractivity contribution in [1.82, 2.24) is 5.32 Å². The Hall–Kier alpha value is -0.160. The van der Waals surface area contributed by atoms with E-state index in [1.165, 1.54) is 0 Å². The monoisotopic (exact) mass is 132 g/mol. The first kappa shape index (κ1) is 6.95. The molecule has 9 heavy (non-hydrogen) atoms. The van der Waals surface area contributed by atoms with Crippen LogP contribution in [0.5, 0.6) is 0 Å². The summed E-state index contributed by atoms with van der Waals surface area (Å²) < 4.78 is 0. The maximum absolute atomic E-state index is 9.34. The third kappa shape index (κ3) is 1.62. The Morgan fingerprint density at radius 1 is 1.67 bits per heavy atom. The molecule has 0 amide bonds. The van der Waals surface area contributed by atoms with E-state index in [1.807, 2.05) is 0 Å². The molecular weight excluding hydrogens is 120 g/mol. The molecule has 0 aliphatic carbocycles. The zero-order chi connectivity index (χ0) is 6.74. The summed E-state index contributed by atoms with van der Waals surface area (Å²) in [5, 5.41) is 12.3. The topological polar surface area (TPSA) is 67.5 Å². The van der Waals surface area contributed by atoms with Crippen molar-refractivity contribution in [2.45, 2.75) is 12.0 Å². The van der Waals surface area contributed by atoms with Crippen molar-refractivity contribution < 1.29 is 9.94 Å². The van der Waals surface area contributed by atoms with Gasteiger partial charge in [-0.25, -0.2) is 5.90 Å². The second-order valence-electron chi connectivity index (χ2n) is 2.45. The van der Waals surface area contributed by atoms with E-state index in [0.29, 0.717) is 26.1 Å². The lowest BCUT2D eigenvalue weighted by molar-refractivity contribution is -0.0389. The van der Waals surface area contributed by atoms with E-state index in [2.05, 4.69) is 10.2 Å². The smallest absolute Gasteiger partial charge is 0.0917 e. The number of nitrogens with one attached hydrogen (secondary N) is 1. The van der Waals surface area contributed by atoms with Crippen molar-refractivity contribution in [3.05, 3.63) is 0 Å². The van der Waals surface area contributed by atoms with E-state index < -0.39 is 5.60 Å². The molecule has 0 bridgehead atoms. The highest BCUT2D eigenvalue weighted by Gasteiger charge is 2.33. The van der Waals surface area contributed by atoms with Crippen LogP contribution in [0.1, 0.15) is 6.42 Å². The lowest BCUT2D eigenvalue weighted by atomic mass is 9.94. The van der Waals surface area contributed by atoms with Crippen molar-refractivity contribution in [2.24, 2.45) is 5.90 Å². The molecule has 1 aliphatic heterocycles. The quantitative estimate of drug-likeness (QED) is 0.413. The Morgan fingerprint density at radius 3 is 2.67 bits per heavy atom. The highest BCUT2D eigenvalue weighted by atomic mass is 16.6. The number of nitrogens with two attached hydrogens (primary N) is 1. The molecule has 0 aromatic rings. The Balaban J connectivity index is 2.09. The molecule has 1 saturated heterocycles. The fraction of sp³-hybridized carbons (Fsp3) is 1.00. The van der Waals surface area contributed by atoms with E-state index >= 15 is 0 Å². The highest BCUT2D eigenvalue weighted by Crippen LogP contribution is 2.14. The standard InChI is InChI=1S/C5H12N2O2/c6-9-2-1-5(8)3-7-4-5/h7-8H,1-4,6H2. The minimum atomic E-state index is -0.542. The summed E-state index contributed by atoms with van der Waals surface area (Å²) in [6.07, 6.45) is 0.622. The van der Waals surface area contributed by atoms with E-state index in [4.69, 9.17) is 5.90 Å². The van der Waals surface area contributed by atoms with Gasteiger partial charge < -0.3 is 15.3 Å². The minimum Gasteiger partial charge on any atom is -0.387 e. The van der Waals surface area contributed by atoms with E-state index in [1.54, 1.807) is 0 Å². The predicted octanol–water partition coefficient (Wildman–Crippen LogP) is -1.40. The third-order valence-electron chi connectivity index (χ3n) is 1.59. The Bertz CT molecular complexity index is 93.0. The van der Waals surface area contributed by atoms with Gasteiger partial charge in [-0.2, -0.15) is 0 Å². The molecule has 0 radical (unpaired) electrons. The van der Waals surface area contributed by atoms with Gasteiger partial charge in [-0.05, 0) is 0 Å². The second kappa shape index (κ2) is 2.62. The first-order chi connectivity index (χ1) is 4.27. The summed E-state index contributed by atoms with van der Waals surface area (Å²) >= 11 is 0. The van der Waals surface area contributed by atoms with Crippen LogP contribution in [0.3, 0.4) is 0 Å². The van der Waals surface area contributed by atoms with Gasteiger partial charge in [0, 0.05) is 19.5 Å². The normalized spacial score (nSPS) is 23.3. The number of hydrogen-bond acceptors (Lipinski definition) is 4. The number of hydrogen-bond donors (Lipinski definition) is 3. The first-order valence-corrected chi connectivity index (χ1v) is 3.02. The molecule has 4 heteroatoms. The number of aliphatic hydroxyl groups is 1. The summed E-state index contributed by atoms with van der Waals surface area (Å²) in [5.41, 5.74) is -0.542. The van der Waals surface area contributed by atoms with Crippen LogP contribution in [0.15, 0.2) is 0 Å². The van der Waals surface area contributed by atoms with Crippen LogP contribution < -0.4 is 11.2 Å². The lowest BCUT2D eigenvalue weighted by Crippen LogP contribution is -2.59. The molecule has 4 nitrogen and oxygen atoms in total. The maximum atomic E-state index is 9.34. The average Bonchev–Trinajstić information content (AvgIpc) is 1.79. The molecule has 0 atom stereocenters. The largest absolute Gasteiger partial charge is 0.387 e. The first-order valence-electron chi connectivity index (χ1n) is 3.02. The van der Waals surface area contributed by atoms with Crippen molar-refractivity contribution in [3.63, 3.8) is 0 Å². The molecule has 0 spiro atoms. The van der Waals surface area contributed by atoms with Crippen molar-refractivity contribution >= 4 is 0 Å². The van der Waals surface area contributed by atoms with Crippen LogP contribution in [0.4, 0.5) is 0 Å². The van der Waals surface area contributed by atoms with Gasteiger partial charge >= 0.3 is 0 Å². The fourth-order valence-corrected chi connectivity index (χ4v) is 0.839. The van der Waals surface area contributed by atoms with Crippen molar-refractivity contribution in [1.29, 1.82) is 0 Å². The molecule has 1 fully saturated rings. The molecule has 0 aromatic heterocycles. The Morgan fingerprint density at radius 2 is 2.33 bits per heavy atom. The van der Waals surface area contributed by atoms with Gasteiger partial charge in [0.15, 0.2) is 0 Å². The third-order valence-corrected chi connectivity index (χ3v) is 1.59. The van der Waals surface area contributed by atoms with Gasteiger partial charge in [-0.3, -0.25) is 0 Å². The van der Waals surface area contributed by atoms with Crippen LogP contribution in [-0.2, 0) is 4.84 Å². The SMILES string of the molecule is NOCCC1(O)CNC1. The highest BCUT2D eigenvalue weighted by molar-refractivity contribution is 4.91. The molecular formula is C5H12N2O2.